The van der Waals surface area contributed by atoms with Gasteiger partial charge in [0.15, 0.2) is 10.8 Å². The molecule has 8 heteroatoms. The lowest BCUT2D eigenvalue weighted by molar-refractivity contribution is -0.386. The van der Waals surface area contributed by atoms with E-state index in [1.807, 2.05) is 0 Å². The molecule has 0 aliphatic carbocycles. The number of nitrogens with one attached hydrogen (secondary N) is 1. The smallest absolute Gasteiger partial charge is 0.313 e. The van der Waals surface area contributed by atoms with Gasteiger partial charge in [-0.2, -0.15) is 0 Å². The summed E-state index contributed by atoms with van der Waals surface area (Å²) in [6.45, 7) is 4.74. The second-order valence-corrected chi connectivity index (χ2v) is 5.46. The van der Waals surface area contributed by atoms with E-state index in [9.17, 15) is 10.1 Å². The molecule has 1 aromatic carbocycles. The van der Waals surface area contributed by atoms with Crippen LogP contribution >= 0.6 is 11.3 Å². The molecule has 0 radical (unpaired) electrons. The second kappa shape index (κ2) is 6.98. The number of nitrogens with zero attached hydrogens (tertiary/aromatic N) is 3. The maximum atomic E-state index is 11.1. The normalized spacial score (nSPS) is 10.4. The Balaban J connectivity index is 2.05. The zero-order valence-corrected chi connectivity index (χ0v) is 12.6. The van der Waals surface area contributed by atoms with E-state index in [1.165, 1.54) is 11.3 Å². The van der Waals surface area contributed by atoms with Crippen molar-refractivity contribution >= 4 is 22.2 Å². The summed E-state index contributed by atoms with van der Waals surface area (Å²) >= 11 is 1.38. The molecule has 0 aliphatic heterocycles. The number of ether oxygens (including phenoxy) is 1. The number of benzene rings is 1. The molecule has 1 aromatic heterocycles. The van der Waals surface area contributed by atoms with Gasteiger partial charge in [0.1, 0.15) is 6.61 Å². The third-order valence-electron chi connectivity index (χ3n) is 2.73. The summed E-state index contributed by atoms with van der Waals surface area (Å²) < 4.78 is 5.52. The van der Waals surface area contributed by atoms with Gasteiger partial charge >= 0.3 is 5.69 Å². The average molecular weight is 308 g/mol. The molecule has 0 aliphatic rings. The molecule has 0 saturated heterocycles. The van der Waals surface area contributed by atoms with Crippen molar-refractivity contribution in [3.8, 4) is 5.75 Å². The SMILES string of the molecule is CCCNc1nnc(COc2cccc(C)c2[N+](=O)[O-])s1. The number of para-hydroxylation sites is 1. The average Bonchev–Trinajstić information content (AvgIpc) is 2.90. The predicted octanol–water partition coefficient (Wildman–Crippen LogP) is 3.16. The zero-order valence-electron chi connectivity index (χ0n) is 11.8. The van der Waals surface area contributed by atoms with Gasteiger partial charge in [-0.15, -0.1) is 10.2 Å². The number of rotatable bonds is 7. The van der Waals surface area contributed by atoms with Gasteiger partial charge in [0.05, 0.1) is 4.92 Å². The molecular weight excluding hydrogens is 292 g/mol. The predicted molar refractivity (Wildman–Crippen MR) is 80.9 cm³/mol. The van der Waals surface area contributed by atoms with Crippen molar-refractivity contribution < 1.29 is 9.66 Å². The largest absolute Gasteiger partial charge is 0.479 e. The van der Waals surface area contributed by atoms with Crippen LogP contribution in [0.1, 0.15) is 23.9 Å². The second-order valence-electron chi connectivity index (χ2n) is 4.40. The van der Waals surface area contributed by atoms with Crippen molar-refractivity contribution in [3.05, 3.63) is 38.9 Å². The molecule has 0 atom stereocenters. The first kappa shape index (κ1) is 15.2. The molecule has 2 rings (SSSR count). The summed E-state index contributed by atoms with van der Waals surface area (Å²) in [6.07, 6.45) is 1.00. The molecular formula is C13H16N4O3S. The standard InChI is InChI=1S/C13H16N4O3S/c1-3-7-14-13-16-15-11(21-13)8-20-10-6-4-5-9(2)12(10)17(18)19/h4-6H,3,7-8H2,1-2H3,(H,14,16). The van der Waals surface area contributed by atoms with E-state index in [4.69, 9.17) is 4.74 Å². The van der Waals surface area contributed by atoms with E-state index in [-0.39, 0.29) is 18.0 Å². The van der Waals surface area contributed by atoms with Crippen molar-refractivity contribution in [2.75, 3.05) is 11.9 Å². The zero-order chi connectivity index (χ0) is 15.2. The van der Waals surface area contributed by atoms with Crippen molar-refractivity contribution in [2.45, 2.75) is 26.9 Å². The minimum absolute atomic E-state index is 0.00801. The number of hydrogen-bond donors (Lipinski definition) is 1. The van der Waals surface area contributed by atoms with Crippen LogP contribution in [0.15, 0.2) is 18.2 Å². The number of nitro benzene ring substituents is 1. The van der Waals surface area contributed by atoms with Crippen LogP contribution in [-0.4, -0.2) is 21.7 Å². The minimum atomic E-state index is -0.432. The van der Waals surface area contributed by atoms with Gasteiger partial charge in [0, 0.05) is 12.1 Å². The highest BCUT2D eigenvalue weighted by Gasteiger charge is 2.18. The van der Waals surface area contributed by atoms with E-state index < -0.39 is 4.92 Å². The Kier molecular flexibility index (Phi) is 5.04. The number of nitro groups is 1. The highest BCUT2D eigenvalue weighted by atomic mass is 32.1. The quantitative estimate of drug-likeness (QED) is 0.624. The van der Waals surface area contributed by atoms with Crippen LogP contribution in [-0.2, 0) is 6.61 Å². The van der Waals surface area contributed by atoms with Crippen molar-refractivity contribution in [2.24, 2.45) is 0 Å². The molecule has 0 amide bonds. The first-order valence-electron chi connectivity index (χ1n) is 6.55. The third kappa shape index (κ3) is 3.88. The Hall–Kier alpha value is -2.22. The molecule has 0 saturated carbocycles. The molecule has 0 spiro atoms. The van der Waals surface area contributed by atoms with Gasteiger partial charge in [-0.1, -0.05) is 30.4 Å². The summed E-state index contributed by atoms with van der Waals surface area (Å²) in [5.41, 5.74) is 0.561. The van der Waals surface area contributed by atoms with Crippen LogP contribution in [0.3, 0.4) is 0 Å². The van der Waals surface area contributed by atoms with Crippen molar-refractivity contribution in [1.82, 2.24) is 10.2 Å². The summed E-state index contributed by atoms with van der Waals surface area (Å²) in [4.78, 5) is 10.6. The Labute approximate surface area is 126 Å². The lowest BCUT2D eigenvalue weighted by Gasteiger charge is -2.06. The highest BCUT2D eigenvalue weighted by molar-refractivity contribution is 7.15. The lowest BCUT2D eigenvalue weighted by Crippen LogP contribution is -2.00. The van der Waals surface area contributed by atoms with Crippen LogP contribution in [0.4, 0.5) is 10.8 Å². The van der Waals surface area contributed by atoms with E-state index in [2.05, 4.69) is 22.4 Å². The lowest BCUT2D eigenvalue weighted by atomic mass is 10.2. The van der Waals surface area contributed by atoms with Crippen LogP contribution < -0.4 is 10.1 Å². The Morgan fingerprint density at radius 3 is 2.95 bits per heavy atom. The molecule has 2 aromatic rings. The van der Waals surface area contributed by atoms with Gasteiger partial charge in [0.2, 0.25) is 5.13 Å². The number of anilines is 1. The Morgan fingerprint density at radius 1 is 1.43 bits per heavy atom. The molecule has 1 heterocycles. The minimum Gasteiger partial charge on any atom is -0.479 e. The maximum Gasteiger partial charge on any atom is 0.313 e. The van der Waals surface area contributed by atoms with E-state index in [0.29, 0.717) is 10.6 Å². The molecule has 0 unspecified atom stereocenters. The number of aryl methyl sites for hydroxylation is 1. The van der Waals surface area contributed by atoms with Gasteiger partial charge in [-0.05, 0) is 19.4 Å². The molecule has 112 valence electrons. The maximum absolute atomic E-state index is 11.1. The van der Waals surface area contributed by atoms with E-state index in [1.54, 1.807) is 25.1 Å². The van der Waals surface area contributed by atoms with Crippen LogP contribution in [0, 0.1) is 17.0 Å². The van der Waals surface area contributed by atoms with Gasteiger partial charge in [-0.25, -0.2) is 0 Å². The van der Waals surface area contributed by atoms with Crippen LogP contribution in [0.2, 0.25) is 0 Å². The number of aromatic nitrogens is 2. The Bertz CT molecular complexity index is 630. The molecule has 7 nitrogen and oxygen atoms in total. The highest BCUT2D eigenvalue weighted by Crippen LogP contribution is 2.31. The summed E-state index contributed by atoms with van der Waals surface area (Å²) in [7, 11) is 0. The van der Waals surface area contributed by atoms with Gasteiger partial charge < -0.3 is 10.1 Å². The third-order valence-corrected chi connectivity index (χ3v) is 3.58. The molecule has 1 N–H and O–H groups in total. The Morgan fingerprint density at radius 2 is 2.24 bits per heavy atom. The number of hydrogen-bond acceptors (Lipinski definition) is 7. The van der Waals surface area contributed by atoms with Crippen LogP contribution in [0.25, 0.3) is 0 Å². The van der Waals surface area contributed by atoms with Gasteiger partial charge in [0.25, 0.3) is 0 Å². The summed E-state index contributed by atoms with van der Waals surface area (Å²) in [6, 6.07) is 5.00. The van der Waals surface area contributed by atoms with E-state index >= 15 is 0 Å². The fourth-order valence-corrected chi connectivity index (χ4v) is 2.42. The molecule has 0 fully saturated rings. The fraction of sp³-hybridized carbons (Fsp3) is 0.385. The van der Waals surface area contributed by atoms with Crippen molar-refractivity contribution in [3.63, 3.8) is 0 Å². The molecule has 0 bridgehead atoms. The first-order valence-corrected chi connectivity index (χ1v) is 7.36. The van der Waals surface area contributed by atoms with Gasteiger partial charge in [-0.3, -0.25) is 10.1 Å². The topological polar surface area (TPSA) is 90.2 Å². The summed E-state index contributed by atoms with van der Waals surface area (Å²) in [5.74, 6) is 0.248. The van der Waals surface area contributed by atoms with E-state index in [0.717, 1.165) is 18.1 Å². The van der Waals surface area contributed by atoms with Crippen molar-refractivity contribution in [1.29, 1.82) is 0 Å². The fourth-order valence-electron chi connectivity index (χ4n) is 1.74. The molecule has 21 heavy (non-hydrogen) atoms. The first-order chi connectivity index (χ1) is 10.1. The monoisotopic (exact) mass is 308 g/mol. The summed E-state index contributed by atoms with van der Waals surface area (Å²) in [5, 5.41) is 23.6. The van der Waals surface area contributed by atoms with Crippen LogP contribution in [0.5, 0.6) is 5.75 Å².